The summed E-state index contributed by atoms with van der Waals surface area (Å²) in [5, 5.41) is 9.47. The number of nitrogens with zero attached hydrogens (tertiary/aromatic N) is 4. The summed E-state index contributed by atoms with van der Waals surface area (Å²) in [6, 6.07) is 14.7. The van der Waals surface area contributed by atoms with E-state index in [1.165, 1.54) is 0 Å². The fourth-order valence-corrected chi connectivity index (χ4v) is 4.40. The molecule has 2 aliphatic heterocycles. The number of cyclic esters (lactones) is 1. The van der Waals surface area contributed by atoms with Crippen molar-refractivity contribution in [3.8, 4) is 11.8 Å². The second-order valence-corrected chi connectivity index (χ2v) is 8.23. The van der Waals surface area contributed by atoms with E-state index in [0.717, 1.165) is 12.0 Å². The predicted molar refractivity (Wildman–Crippen MR) is 116 cm³/mol. The first-order valence-electron chi connectivity index (χ1n) is 10.6. The van der Waals surface area contributed by atoms with E-state index in [2.05, 4.69) is 11.1 Å². The van der Waals surface area contributed by atoms with Crippen LogP contribution in [0.25, 0.3) is 10.9 Å². The van der Waals surface area contributed by atoms with Crippen LogP contribution in [0.4, 0.5) is 4.79 Å². The molecule has 0 bridgehead atoms. The van der Waals surface area contributed by atoms with Gasteiger partial charge in [0, 0.05) is 19.4 Å². The lowest BCUT2D eigenvalue weighted by molar-refractivity contribution is 0.0937. The van der Waals surface area contributed by atoms with Gasteiger partial charge in [0.15, 0.2) is 0 Å². The van der Waals surface area contributed by atoms with Gasteiger partial charge in [0.05, 0.1) is 35.1 Å². The van der Waals surface area contributed by atoms with Crippen LogP contribution in [0.1, 0.15) is 29.8 Å². The first-order chi connectivity index (χ1) is 15.5. The Morgan fingerprint density at radius 1 is 1.22 bits per heavy atom. The zero-order valence-electron chi connectivity index (χ0n) is 17.7. The summed E-state index contributed by atoms with van der Waals surface area (Å²) in [7, 11) is 0. The molecular weight excluding hydrogens is 408 g/mol. The number of ether oxygens (including phenoxy) is 2. The number of hydrogen-bond acceptors (Lipinski definition) is 6. The molecule has 2 atom stereocenters. The lowest BCUT2D eigenvalue weighted by Gasteiger charge is -2.32. The Morgan fingerprint density at radius 3 is 2.81 bits per heavy atom. The lowest BCUT2D eigenvalue weighted by Crippen LogP contribution is -2.44. The van der Waals surface area contributed by atoms with Gasteiger partial charge < -0.3 is 14.4 Å². The Labute approximate surface area is 184 Å². The number of aryl methyl sites for hydroxylation is 1. The molecule has 0 saturated carbocycles. The van der Waals surface area contributed by atoms with E-state index in [9.17, 15) is 9.59 Å². The molecule has 1 aromatic heterocycles. The highest BCUT2D eigenvalue weighted by molar-refractivity contribution is 5.79. The third kappa shape index (κ3) is 3.66. The molecule has 1 amide bonds. The summed E-state index contributed by atoms with van der Waals surface area (Å²) in [5.74, 6) is 1.24. The SMILES string of the molecule is Cc1nc2ccc(O[C@H]3CCN4C(=O)OC[C@@H]4C3)cc2c(=O)n1Cc1ccc(C#N)cc1. The van der Waals surface area contributed by atoms with Gasteiger partial charge in [-0.3, -0.25) is 9.36 Å². The third-order valence-corrected chi connectivity index (χ3v) is 6.14. The van der Waals surface area contributed by atoms with Crippen LogP contribution in [-0.4, -0.2) is 45.8 Å². The molecule has 0 spiro atoms. The van der Waals surface area contributed by atoms with Crippen molar-refractivity contribution < 1.29 is 14.3 Å². The van der Waals surface area contributed by atoms with Gasteiger partial charge in [-0.25, -0.2) is 9.78 Å². The number of nitriles is 1. The number of carbonyl (C=O) groups is 1. The van der Waals surface area contributed by atoms with Gasteiger partial charge in [-0.1, -0.05) is 12.1 Å². The number of fused-ring (bicyclic) bond motifs is 2. The van der Waals surface area contributed by atoms with Gasteiger partial charge in [0.1, 0.15) is 24.3 Å². The molecular formula is C24H22N4O4. The van der Waals surface area contributed by atoms with Crippen molar-refractivity contribution in [2.75, 3.05) is 13.2 Å². The first-order valence-corrected chi connectivity index (χ1v) is 10.6. The van der Waals surface area contributed by atoms with E-state index in [0.29, 0.717) is 54.2 Å². The van der Waals surface area contributed by atoms with Crippen LogP contribution >= 0.6 is 0 Å². The van der Waals surface area contributed by atoms with Crippen LogP contribution in [0, 0.1) is 18.3 Å². The highest BCUT2D eigenvalue weighted by Gasteiger charge is 2.38. The van der Waals surface area contributed by atoms with Crippen molar-refractivity contribution in [3.05, 3.63) is 69.8 Å². The summed E-state index contributed by atoms with van der Waals surface area (Å²) >= 11 is 0. The Hall–Kier alpha value is -3.86. The maximum atomic E-state index is 13.3. The molecule has 0 aliphatic carbocycles. The second-order valence-electron chi connectivity index (χ2n) is 8.23. The minimum Gasteiger partial charge on any atom is -0.490 e. The van der Waals surface area contributed by atoms with E-state index in [4.69, 9.17) is 14.7 Å². The fourth-order valence-electron chi connectivity index (χ4n) is 4.40. The third-order valence-electron chi connectivity index (χ3n) is 6.14. The molecule has 0 unspecified atom stereocenters. The van der Waals surface area contributed by atoms with Crippen molar-refractivity contribution in [1.29, 1.82) is 5.26 Å². The van der Waals surface area contributed by atoms with E-state index >= 15 is 0 Å². The summed E-state index contributed by atoms with van der Waals surface area (Å²) in [6.45, 7) is 3.20. The maximum Gasteiger partial charge on any atom is 0.410 e. The Morgan fingerprint density at radius 2 is 2.03 bits per heavy atom. The van der Waals surface area contributed by atoms with Crippen molar-refractivity contribution in [2.45, 2.75) is 38.5 Å². The monoisotopic (exact) mass is 430 g/mol. The molecule has 0 radical (unpaired) electrons. The zero-order valence-corrected chi connectivity index (χ0v) is 17.7. The lowest BCUT2D eigenvalue weighted by atomic mass is 10.0. The first kappa shape index (κ1) is 20.1. The van der Waals surface area contributed by atoms with Gasteiger partial charge in [0.25, 0.3) is 5.56 Å². The van der Waals surface area contributed by atoms with Crippen molar-refractivity contribution in [1.82, 2.24) is 14.5 Å². The van der Waals surface area contributed by atoms with Crippen LogP contribution in [0.5, 0.6) is 5.75 Å². The topological polar surface area (TPSA) is 97.4 Å². The smallest absolute Gasteiger partial charge is 0.410 e. The van der Waals surface area contributed by atoms with E-state index in [1.807, 2.05) is 31.2 Å². The van der Waals surface area contributed by atoms with Gasteiger partial charge in [-0.15, -0.1) is 0 Å². The molecule has 3 heterocycles. The molecule has 2 aromatic carbocycles. The van der Waals surface area contributed by atoms with Gasteiger partial charge in [-0.2, -0.15) is 5.26 Å². The van der Waals surface area contributed by atoms with Crippen LogP contribution in [0.3, 0.4) is 0 Å². The summed E-state index contributed by atoms with van der Waals surface area (Å²) in [4.78, 5) is 31.3. The minimum atomic E-state index is -0.247. The Balaban J connectivity index is 1.40. The summed E-state index contributed by atoms with van der Waals surface area (Å²) < 4.78 is 12.9. The molecule has 8 heteroatoms. The van der Waals surface area contributed by atoms with Crippen molar-refractivity contribution in [2.24, 2.45) is 0 Å². The number of carbonyl (C=O) groups excluding carboxylic acids is 1. The number of hydrogen-bond donors (Lipinski definition) is 0. The second kappa shape index (κ2) is 8.00. The molecule has 0 N–H and O–H groups in total. The van der Waals surface area contributed by atoms with E-state index < -0.39 is 0 Å². The van der Waals surface area contributed by atoms with Gasteiger partial charge >= 0.3 is 6.09 Å². The normalized spacial score (nSPS) is 20.0. The van der Waals surface area contributed by atoms with Crippen molar-refractivity contribution >= 4 is 17.0 Å². The quantitative estimate of drug-likeness (QED) is 0.631. The number of rotatable bonds is 4. The fraction of sp³-hybridized carbons (Fsp3) is 0.333. The zero-order chi connectivity index (χ0) is 22.2. The average Bonchev–Trinajstić information content (AvgIpc) is 3.17. The molecule has 2 aliphatic rings. The van der Waals surface area contributed by atoms with Gasteiger partial charge in [-0.05, 0) is 42.8 Å². The molecule has 32 heavy (non-hydrogen) atoms. The molecule has 3 aromatic rings. The highest BCUT2D eigenvalue weighted by Crippen LogP contribution is 2.28. The maximum absolute atomic E-state index is 13.3. The Bertz CT molecular complexity index is 1290. The minimum absolute atomic E-state index is 0.0394. The number of benzene rings is 2. The van der Waals surface area contributed by atoms with Crippen molar-refractivity contribution in [3.63, 3.8) is 0 Å². The van der Waals surface area contributed by atoms with E-state index in [-0.39, 0.29) is 23.8 Å². The van der Waals surface area contributed by atoms with E-state index in [1.54, 1.807) is 27.7 Å². The summed E-state index contributed by atoms with van der Waals surface area (Å²) in [5.41, 5.74) is 1.99. The number of piperidine rings is 1. The van der Waals surface area contributed by atoms with Gasteiger partial charge in [0.2, 0.25) is 0 Å². The largest absolute Gasteiger partial charge is 0.490 e. The number of amides is 1. The molecule has 2 saturated heterocycles. The molecule has 5 rings (SSSR count). The average molecular weight is 430 g/mol. The number of aromatic nitrogens is 2. The van der Waals surface area contributed by atoms with Crippen LogP contribution in [0.15, 0.2) is 47.3 Å². The Kier molecular flexibility index (Phi) is 5.02. The molecule has 2 fully saturated rings. The predicted octanol–water partition coefficient (Wildman–Crippen LogP) is 2.99. The summed E-state index contributed by atoms with van der Waals surface area (Å²) in [6.07, 6.45) is 1.14. The van der Waals surface area contributed by atoms with Crippen LogP contribution in [0.2, 0.25) is 0 Å². The standard InChI is InChI=1S/C24H22N4O4/c1-15-26-22-7-6-19(32-20-8-9-27-18(10-20)14-31-24(27)30)11-21(22)23(29)28(15)13-17-4-2-16(12-25)3-5-17/h2-7,11,18,20H,8-10,13-14H2,1H3/t18-,20-/m0/s1. The molecule has 162 valence electrons. The highest BCUT2D eigenvalue weighted by atomic mass is 16.6. The van der Waals surface area contributed by atoms with Crippen LogP contribution in [-0.2, 0) is 11.3 Å². The van der Waals surface area contributed by atoms with Crippen LogP contribution < -0.4 is 10.3 Å². The molecule has 8 nitrogen and oxygen atoms in total.